The van der Waals surface area contributed by atoms with Crippen LogP contribution in [0.15, 0.2) is 129 Å². The van der Waals surface area contributed by atoms with Gasteiger partial charge < -0.3 is 30.7 Å². The van der Waals surface area contributed by atoms with Crippen LogP contribution in [0.2, 0.25) is 5.02 Å². The lowest BCUT2D eigenvalue weighted by Crippen LogP contribution is -2.40. The van der Waals surface area contributed by atoms with Crippen LogP contribution >= 0.6 is 11.6 Å². The van der Waals surface area contributed by atoms with Gasteiger partial charge in [-0.05, 0) is 110 Å². The molecule has 16 nitrogen and oxygen atoms in total. The van der Waals surface area contributed by atoms with Crippen molar-refractivity contribution in [1.82, 2.24) is 49.3 Å². The van der Waals surface area contributed by atoms with E-state index in [1.165, 1.54) is 36.9 Å². The van der Waals surface area contributed by atoms with Gasteiger partial charge in [0.05, 0.1) is 27.9 Å². The Morgan fingerprint density at radius 2 is 1.21 bits per heavy atom. The van der Waals surface area contributed by atoms with Gasteiger partial charge in [0.25, 0.3) is 0 Å². The third-order valence-corrected chi connectivity index (χ3v) is 13.0. The van der Waals surface area contributed by atoms with E-state index >= 15 is 0 Å². The summed E-state index contributed by atoms with van der Waals surface area (Å²) >= 11 is 6.59. The number of piperidine rings is 2. The number of nitrogens with two attached hydrogens (primary N) is 2. The lowest BCUT2D eigenvalue weighted by Gasteiger charge is -2.32. The van der Waals surface area contributed by atoms with Crippen molar-refractivity contribution in [3.63, 3.8) is 0 Å². The minimum Gasteiger partial charge on any atom is -0.489 e. The maximum Gasteiger partial charge on any atom is 0.246 e. The highest BCUT2D eigenvalue weighted by Gasteiger charge is 2.30. The molecule has 0 saturated carbocycles. The number of likely N-dealkylation sites (tertiary alicyclic amines) is 2. The van der Waals surface area contributed by atoms with Gasteiger partial charge in [0.2, 0.25) is 11.8 Å². The summed E-state index contributed by atoms with van der Waals surface area (Å²) in [6.45, 7) is 12.3. The average molecular weight is 976 g/mol. The molecule has 2 saturated heterocycles. The second-order valence-electron chi connectivity index (χ2n) is 17.4. The Bertz CT molecular complexity index is 3270. The van der Waals surface area contributed by atoms with E-state index in [0.717, 1.165) is 53.5 Å². The molecule has 2 atom stereocenters. The van der Waals surface area contributed by atoms with E-state index in [-0.39, 0.29) is 36.3 Å². The van der Waals surface area contributed by atoms with Crippen LogP contribution in [0.3, 0.4) is 0 Å². The Morgan fingerprint density at radius 3 is 1.75 bits per heavy atom. The van der Waals surface area contributed by atoms with Gasteiger partial charge in [-0.3, -0.25) is 9.59 Å². The van der Waals surface area contributed by atoms with Gasteiger partial charge in [0.1, 0.15) is 66.2 Å². The van der Waals surface area contributed by atoms with Crippen molar-refractivity contribution >= 4 is 57.1 Å². The van der Waals surface area contributed by atoms with E-state index in [1.807, 2.05) is 89.1 Å². The van der Waals surface area contributed by atoms with Gasteiger partial charge in [-0.25, -0.2) is 33.7 Å². The van der Waals surface area contributed by atoms with Crippen molar-refractivity contribution in [2.75, 3.05) is 37.6 Å². The summed E-state index contributed by atoms with van der Waals surface area (Å²) in [7, 11) is 0. The smallest absolute Gasteiger partial charge is 0.246 e. The first-order chi connectivity index (χ1) is 34.5. The van der Waals surface area contributed by atoms with Crippen molar-refractivity contribution in [1.29, 1.82) is 0 Å². The van der Waals surface area contributed by atoms with Gasteiger partial charge in [-0.2, -0.15) is 10.2 Å². The highest BCUT2D eigenvalue weighted by atomic mass is 35.5. The molecule has 6 heterocycles. The Hall–Kier alpha value is -8.18. The summed E-state index contributed by atoms with van der Waals surface area (Å²) in [5.41, 5.74) is 19.5. The fraction of sp³-hybridized carbons (Fsp3) is 0.245. The molecule has 0 aliphatic carbocycles. The van der Waals surface area contributed by atoms with Crippen LogP contribution in [0.5, 0.6) is 11.5 Å². The van der Waals surface area contributed by atoms with E-state index in [9.17, 15) is 14.0 Å². The lowest BCUT2D eigenvalue weighted by molar-refractivity contribution is -0.128. The lowest BCUT2D eigenvalue weighted by atomic mass is 10.1. The number of carbonyl (C=O) groups is 2. The maximum absolute atomic E-state index is 13.5. The summed E-state index contributed by atoms with van der Waals surface area (Å²) in [4.78, 5) is 45.4. The Balaban J connectivity index is 0.000000176. The number of hydrogen-bond acceptors (Lipinski definition) is 12. The van der Waals surface area contributed by atoms with Crippen LogP contribution in [0, 0.1) is 12.7 Å². The van der Waals surface area contributed by atoms with Crippen LogP contribution < -0.4 is 20.9 Å². The minimum absolute atomic E-state index is 0.0387. The fourth-order valence-corrected chi connectivity index (χ4v) is 9.35. The molecule has 10 rings (SSSR count). The third-order valence-electron chi connectivity index (χ3n) is 12.7. The zero-order valence-electron chi connectivity index (χ0n) is 39.1. The number of anilines is 2. The molecule has 4 N–H and O–H groups in total. The number of rotatable bonds is 12. The Labute approximate surface area is 414 Å². The van der Waals surface area contributed by atoms with Gasteiger partial charge in [-0.15, -0.1) is 0 Å². The molecule has 2 fully saturated rings. The first-order valence-electron chi connectivity index (χ1n) is 23.2. The summed E-state index contributed by atoms with van der Waals surface area (Å²) in [6, 6.07) is 27.5. The number of nitrogens with zero attached hydrogens (tertiary/aromatic N) is 10. The highest BCUT2D eigenvalue weighted by Crippen LogP contribution is 2.38. The molecule has 362 valence electrons. The van der Waals surface area contributed by atoms with Gasteiger partial charge in [-0.1, -0.05) is 67.2 Å². The quantitative estimate of drug-likeness (QED) is 0.110. The van der Waals surface area contributed by atoms with Crippen molar-refractivity contribution in [2.45, 2.75) is 57.9 Å². The molecular weight excluding hydrogens is 923 g/mol. The summed E-state index contributed by atoms with van der Waals surface area (Å²) in [6.07, 6.45) is 9.01. The number of ether oxygens (including phenoxy) is 2. The second-order valence-corrected chi connectivity index (χ2v) is 17.8. The van der Waals surface area contributed by atoms with E-state index in [2.05, 4.69) is 33.1 Å². The second kappa shape index (κ2) is 21.2. The largest absolute Gasteiger partial charge is 0.489 e. The number of aryl methyl sites for hydroxylation is 1. The SMILES string of the molecule is C=CC(=O)N1CCC[C@@H](n2nc(-c3ccc(OCc4cccc(F)c4)c(C)c3)c3c(N)ncnc32)C1.C=CC(=O)N1CCC[C@@H](n2nc(-c3ccc(OCc4ccccc4)c(Cl)c3)c3c(N)ncnc32)C1. The molecule has 18 heteroatoms. The molecule has 0 radical (unpaired) electrons. The molecule has 4 aromatic heterocycles. The van der Waals surface area contributed by atoms with E-state index < -0.39 is 0 Å². The maximum atomic E-state index is 13.5. The van der Waals surface area contributed by atoms with Crippen LogP contribution in [0.25, 0.3) is 44.6 Å². The van der Waals surface area contributed by atoms with E-state index in [1.54, 1.807) is 15.9 Å². The number of halogens is 2. The molecule has 0 bridgehead atoms. The number of fused-ring (bicyclic) bond motifs is 2. The molecule has 2 aliphatic heterocycles. The summed E-state index contributed by atoms with van der Waals surface area (Å²) in [5.74, 6) is 1.50. The van der Waals surface area contributed by atoms with E-state index in [0.29, 0.717) is 94.4 Å². The predicted molar refractivity (Wildman–Crippen MR) is 272 cm³/mol. The summed E-state index contributed by atoms with van der Waals surface area (Å²) < 4.78 is 29.1. The van der Waals surface area contributed by atoms with Gasteiger partial charge in [0, 0.05) is 37.3 Å². The molecule has 4 aromatic carbocycles. The number of aromatic nitrogens is 8. The first kappa shape index (κ1) is 47.9. The molecular formula is C53H52ClFN12O4. The average Bonchev–Trinajstić information content (AvgIpc) is 3.99. The number of hydrogen-bond donors (Lipinski definition) is 2. The van der Waals surface area contributed by atoms with Crippen molar-refractivity contribution in [2.24, 2.45) is 0 Å². The van der Waals surface area contributed by atoms with Crippen molar-refractivity contribution < 1.29 is 23.5 Å². The Morgan fingerprint density at radius 1 is 0.690 bits per heavy atom. The zero-order valence-corrected chi connectivity index (χ0v) is 39.9. The first-order valence-corrected chi connectivity index (χ1v) is 23.6. The highest BCUT2D eigenvalue weighted by molar-refractivity contribution is 6.32. The van der Waals surface area contributed by atoms with Crippen molar-refractivity contribution in [3.8, 4) is 34.0 Å². The molecule has 0 spiro atoms. The number of benzene rings is 4. The Kier molecular flexibility index (Phi) is 14.3. The molecule has 71 heavy (non-hydrogen) atoms. The number of nitrogen functional groups attached to an aromatic ring is 2. The number of carbonyl (C=O) groups excluding carboxylic acids is 2. The van der Waals surface area contributed by atoms with Crippen LogP contribution in [-0.4, -0.2) is 87.3 Å². The van der Waals surface area contributed by atoms with Crippen LogP contribution in [0.4, 0.5) is 16.0 Å². The monoisotopic (exact) mass is 974 g/mol. The number of amides is 2. The normalized spacial score (nSPS) is 15.8. The minimum atomic E-state index is -0.291. The molecule has 2 amide bonds. The van der Waals surface area contributed by atoms with E-state index in [4.69, 9.17) is 42.7 Å². The molecule has 8 aromatic rings. The van der Waals surface area contributed by atoms with Crippen molar-refractivity contribution in [3.05, 3.63) is 156 Å². The van der Waals surface area contributed by atoms with Gasteiger partial charge in [0.15, 0.2) is 11.3 Å². The fourth-order valence-electron chi connectivity index (χ4n) is 9.12. The standard InChI is InChI=1S/C27H27FN6O2.C26H25ClN6O2/c1-3-23(35)33-11-5-8-21(14-33)34-27-24(26(29)30-16-31-27)25(32-34)19-9-10-22(17(2)12-19)36-15-18-6-4-7-20(28)13-18;1-2-22(34)32-12-6-9-19(14-32)33-26-23(25(28)29-16-30-26)24(31-33)18-10-11-21(20(27)13-18)35-15-17-7-4-3-5-8-17/h3-4,6-7,9-10,12-13,16,21H,1,5,8,11,14-15H2,2H3,(H2,29,30,31);2-5,7-8,10-11,13,16,19H,1,6,9,12,14-15H2,(H2,28,29,30)/t21-;19-/m11/s1. The zero-order chi connectivity index (χ0) is 49.6. The topological polar surface area (TPSA) is 198 Å². The molecule has 0 unspecified atom stereocenters. The predicted octanol–water partition coefficient (Wildman–Crippen LogP) is 9.11. The van der Waals surface area contributed by atoms with Crippen LogP contribution in [-0.2, 0) is 22.8 Å². The molecule has 2 aliphatic rings. The summed E-state index contributed by atoms with van der Waals surface area (Å²) in [5, 5.41) is 11.6. The van der Waals surface area contributed by atoms with Gasteiger partial charge >= 0.3 is 0 Å². The third kappa shape index (κ3) is 10.4. The van der Waals surface area contributed by atoms with Crippen LogP contribution in [0.1, 0.15) is 54.5 Å².